The number of carbonyl (C=O) groups is 2. The largest absolute Gasteiger partial charge is 0.352 e. The van der Waals surface area contributed by atoms with Gasteiger partial charge in [0.25, 0.3) is 0 Å². The number of nitrogens with zero attached hydrogens (tertiary/aromatic N) is 5. The van der Waals surface area contributed by atoms with Crippen molar-refractivity contribution in [3.05, 3.63) is 41.4 Å². The average molecular weight is 454 g/mol. The van der Waals surface area contributed by atoms with Crippen molar-refractivity contribution in [2.75, 3.05) is 44.2 Å². The Hall–Kier alpha value is -2.67. The molecule has 0 radical (unpaired) electrons. The first-order valence-corrected chi connectivity index (χ1v) is 11.9. The number of piperazine rings is 1. The van der Waals surface area contributed by atoms with Crippen LogP contribution in [0.1, 0.15) is 25.7 Å². The third-order valence-corrected chi connectivity index (χ3v) is 6.83. The van der Waals surface area contributed by atoms with Crippen LogP contribution in [0.2, 0.25) is 5.02 Å². The normalized spacial score (nSPS) is 18.5. The molecular formula is C24H28ClN5O2. The van der Waals surface area contributed by atoms with Crippen LogP contribution in [0.25, 0.3) is 11.3 Å². The highest BCUT2D eigenvalue weighted by atomic mass is 35.5. The van der Waals surface area contributed by atoms with Gasteiger partial charge in [0.2, 0.25) is 11.8 Å². The van der Waals surface area contributed by atoms with E-state index in [1.54, 1.807) is 0 Å². The van der Waals surface area contributed by atoms with E-state index in [2.05, 4.69) is 15.1 Å². The molecule has 32 heavy (non-hydrogen) atoms. The third-order valence-electron chi connectivity index (χ3n) is 6.50. The number of aromatic nitrogens is 2. The van der Waals surface area contributed by atoms with Gasteiger partial charge in [-0.05, 0) is 49.8 Å². The quantitative estimate of drug-likeness (QED) is 0.644. The van der Waals surface area contributed by atoms with Crippen LogP contribution in [0.4, 0.5) is 5.82 Å². The molecule has 3 aliphatic rings. The highest BCUT2D eigenvalue weighted by Gasteiger charge is 2.37. The van der Waals surface area contributed by atoms with Crippen molar-refractivity contribution < 1.29 is 9.59 Å². The summed E-state index contributed by atoms with van der Waals surface area (Å²) in [6.45, 7) is 3.62. The smallest absolute Gasteiger partial charge is 0.242 e. The van der Waals surface area contributed by atoms with Gasteiger partial charge < -0.3 is 14.7 Å². The number of carbonyl (C=O) groups excluding carboxylic acids is 2. The summed E-state index contributed by atoms with van der Waals surface area (Å²) in [6, 6.07) is 11.5. The molecule has 3 fully saturated rings. The molecule has 5 rings (SSSR count). The van der Waals surface area contributed by atoms with Crippen LogP contribution in [-0.4, -0.2) is 71.1 Å². The van der Waals surface area contributed by atoms with Crippen molar-refractivity contribution in [1.82, 2.24) is 20.0 Å². The number of rotatable bonds is 7. The minimum absolute atomic E-state index is 0.0550. The summed E-state index contributed by atoms with van der Waals surface area (Å²) < 4.78 is 0. The Morgan fingerprint density at radius 2 is 1.72 bits per heavy atom. The van der Waals surface area contributed by atoms with Crippen molar-refractivity contribution in [3.8, 4) is 11.3 Å². The molecule has 1 saturated heterocycles. The van der Waals surface area contributed by atoms with E-state index in [-0.39, 0.29) is 24.3 Å². The van der Waals surface area contributed by atoms with Gasteiger partial charge in [0.05, 0.1) is 17.3 Å². The van der Waals surface area contributed by atoms with Crippen LogP contribution in [-0.2, 0) is 9.59 Å². The van der Waals surface area contributed by atoms with Crippen LogP contribution >= 0.6 is 11.6 Å². The number of halogens is 1. The topological polar surface area (TPSA) is 69.6 Å². The fourth-order valence-electron chi connectivity index (χ4n) is 4.19. The molecule has 1 aromatic heterocycles. The molecule has 0 atom stereocenters. The number of amides is 2. The van der Waals surface area contributed by atoms with Gasteiger partial charge in [-0.25, -0.2) is 0 Å². The molecule has 0 spiro atoms. The number of hydrogen-bond acceptors (Lipinski definition) is 5. The summed E-state index contributed by atoms with van der Waals surface area (Å²) in [5, 5.41) is 9.39. The van der Waals surface area contributed by atoms with E-state index < -0.39 is 0 Å². The molecule has 0 N–H and O–H groups in total. The minimum Gasteiger partial charge on any atom is -0.352 e. The van der Waals surface area contributed by atoms with E-state index in [9.17, 15) is 9.59 Å². The molecular weight excluding hydrogens is 426 g/mol. The molecule has 7 nitrogen and oxygen atoms in total. The summed E-state index contributed by atoms with van der Waals surface area (Å²) in [5.41, 5.74) is 1.60. The Bertz CT molecular complexity index is 982. The number of benzene rings is 1. The van der Waals surface area contributed by atoms with Crippen molar-refractivity contribution >= 4 is 29.2 Å². The Morgan fingerprint density at radius 3 is 2.34 bits per heavy atom. The van der Waals surface area contributed by atoms with Crippen LogP contribution in [0.15, 0.2) is 36.4 Å². The molecule has 8 heteroatoms. The van der Waals surface area contributed by atoms with Gasteiger partial charge in [0, 0.05) is 44.2 Å². The maximum absolute atomic E-state index is 12.9. The molecule has 168 valence electrons. The zero-order chi connectivity index (χ0) is 22.1. The van der Waals surface area contributed by atoms with Gasteiger partial charge in [0.15, 0.2) is 5.82 Å². The van der Waals surface area contributed by atoms with Crippen LogP contribution in [0, 0.1) is 11.8 Å². The first kappa shape index (κ1) is 21.2. The first-order chi connectivity index (χ1) is 15.6. The molecule has 0 bridgehead atoms. The van der Waals surface area contributed by atoms with Crippen molar-refractivity contribution in [2.45, 2.75) is 25.7 Å². The first-order valence-electron chi connectivity index (χ1n) is 11.5. The minimum atomic E-state index is 0.0550. The zero-order valence-corrected chi connectivity index (χ0v) is 18.9. The molecule has 2 aliphatic carbocycles. The molecule has 1 aromatic carbocycles. The van der Waals surface area contributed by atoms with E-state index in [1.165, 1.54) is 12.8 Å². The standard InChI is InChI=1S/C24H28ClN5O2/c25-20-4-2-1-3-19(20)21-9-10-22(27-26-21)28-11-13-29(14-12-28)23(31)16-30(15-17-5-6-17)24(32)18-7-8-18/h1-4,9-10,17-18H,5-8,11-16H2. The second-order valence-electron chi connectivity index (χ2n) is 9.06. The lowest BCUT2D eigenvalue weighted by molar-refractivity contribution is -0.141. The molecule has 1 aliphatic heterocycles. The lowest BCUT2D eigenvalue weighted by Crippen LogP contribution is -2.52. The van der Waals surface area contributed by atoms with Gasteiger partial charge in [-0.3, -0.25) is 9.59 Å². The number of anilines is 1. The predicted octanol–water partition coefficient (Wildman–Crippen LogP) is 3.09. The van der Waals surface area contributed by atoms with E-state index in [4.69, 9.17) is 11.6 Å². The second kappa shape index (κ2) is 9.06. The highest BCUT2D eigenvalue weighted by molar-refractivity contribution is 6.33. The fraction of sp³-hybridized carbons (Fsp3) is 0.500. The molecule has 2 aromatic rings. The SMILES string of the molecule is O=C(CN(CC1CC1)C(=O)C1CC1)N1CCN(c2ccc(-c3ccccc3Cl)nn2)CC1. The Labute approximate surface area is 193 Å². The van der Waals surface area contributed by atoms with Crippen LogP contribution < -0.4 is 4.90 Å². The molecule has 2 heterocycles. The summed E-state index contributed by atoms with van der Waals surface area (Å²) >= 11 is 6.26. The lowest BCUT2D eigenvalue weighted by Gasteiger charge is -2.36. The fourth-order valence-corrected chi connectivity index (χ4v) is 4.42. The van der Waals surface area contributed by atoms with Crippen LogP contribution in [0.3, 0.4) is 0 Å². The summed E-state index contributed by atoms with van der Waals surface area (Å²) in [7, 11) is 0. The molecule has 2 amide bonds. The van der Waals surface area contributed by atoms with E-state index in [0.717, 1.165) is 36.5 Å². The monoisotopic (exact) mass is 453 g/mol. The van der Waals surface area contributed by atoms with Crippen molar-refractivity contribution in [1.29, 1.82) is 0 Å². The lowest BCUT2D eigenvalue weighted by atomic mass is 10.1. The molecule has 0 unspecified atom stereocenters. The van der Waals surface area contributed by atoms with E-state index in [0.29, 0.717) is 37.1 Å². The van der Waals surface area contributed by atoms with Crippen LogP contribution in [0.5, 0.6) is 0 Å². The zero-order valence-electron chi connectivity index (χ0n) is 18.1. The van der Waals surface area contributed by atoms with Gasteiger partial charge in [-0.2, -0.15) is 0 Å². The van der Waals surface area contributed by atoms with Crippen molar-refractivity contribution in [3.63, 3.8) is 0 Å². The van der Waals surface area contributed by atoms with Gasteiger partial charge >= 0.3 is 0 Å². The second-order valence-corrected chi connectivity index (χ2v) is 9.47. The summed E-state index contributed by atoms with van der Waals surface area (Å²) in [6.07, 6.45) is 4.31. The van der Waals surface area contributed by atoms with E-state index >= 15 is 0 Å². The van der Waals surface area contributed by atoms with Gasteiger partial charge in [-0.15, -0.1) is 10.2 Å². The third kappa shape index (κ3) is 4.88. The highest BCUT2D eigenvalue weighted by Crippen LogP contribution is 2.34. The Kier molecular flexibility index (Phi) is 6.00. The summed E-state index contributed by atoms with van der Waals surface area (Å²) in [5.74, 6) is 1.78. The Balaban J connectivity index is 1.16. The van der Waals surface area contributed by atoms with Gasteiger partial charge in [-0.1, -0.05) is 29.8 Å². The van der Waals surface area contributed by atoms with Crippen molar-refractivity contribution in [2.24, 2.45) is 11.8 Å². The maximum atomic E-state index is 12.9. The number of hydrogen-bond donors (Lipinski definition) is 0. The summed E-state index contributed by atoms with van der Waals surface area (Å²) in [4.78, 5) is 31.3. The van der Waals surface area contributed by atoms with Gasteiger partial charge in [0.1, 0.15) is 0 Å². The molecule has 2 saturated carbocycles. The Morgan fingerprint density at radius 1 is 0.969 bits per heavy atom. The average Bonchev–Trinajstić information content (AvgIpc) is 3.74. The predicted molar refractivity (Wildman–Crippen MR) is 123 cm³/mol. The maximum Gasteiger partial charge on any atom is 0.242 e. The van der Waals surface area contributed by atoms with E-state index in [1.807, 2.05) is 46.2 Å².